The highest BCUT2D eigenvalue weighted by atomic mass is 35.5. The minimum absolute atomic E-state index is 0.208. The van der Waals surface area contributed by atoms with Gasteiger partial charge in [-0.15, -0.1) is 0 Å². The molecule has 0 aliphatic heterocycles. The average molecular weight is 478 g/mol. The minimum Gasteiger partial charge on any atom is -0.497 e. The predicted molar refractivity (Wildman–Crippen MR) is 131 cm³/mol. The maximum Gasteiger partial charge on any atom is 0.257 e. The van der Waals surface area contributed by atoms with E-state index in [0.29, 0.717) is 27.8 Å². The maximum absolute atomic E-state index is 13.2. The molecule has 4 rings (SSSR count). The molecule has 0 fully saturated rings. The van der Waals surface area contributed by atoms with E-state index in [1.54, 1.807) is 49.6 Å². The first-order chi connectivity index (χ1) is 16.5. The van der Waals surface area contributed by atoms with Gasteiger partial charge in [-0.25, -0.2) is 9.38 Å². The molecule has 0 atom stereocenters. The van der Waals surface area contributed by atoms with Gasteiger partial charge in [-0.3, -0.25) is 15.2 Å². The molecule has 0 aliphatic carbocycles. The molecule has 1 amide bonds. The number of amides is 1. The number of methoxy groups -OCH3 is 1. The largest absolute Gasteiger partial charge is 0.497 e. The van der Waals surface area contributed by atoms with Crippen LogP contribution in [0.2, 0.25) is 5.02 Å². The molecule has 7 nitrogen and oxygen atoms in total. The lowest BCUT2D eigenvalue weighted by Gasteiger charge is -2.10. The van der Waals surface area contributed by atoms with Crippen LogP contribution in [0, 0.1) is 5.82 Å². The van der Waals surface area contributed by atoms with Gasteiger partial charge in [0.25, 0.3) is 5.91 Å². The molecule has 9 heteroatoms. The number of nitrogens with one attached hydrogen (secondary N) is 3. The van der Waals surface area contributed by atoms with Gasteiger partial charge >= 0.3 is 0 Å². The van der Waals surface area contributed by atoms with Crippen molar-refractivity contribution in [2.75, 3.05) is 12.4 Å². The third kappa shape index (κ3) is 5.99. The number of carbonyl (C=O) groups is 1. The molecule has 34 heavy (non-hydrogen) atoms. The summed E-state index contributed by atoms with van der Waals surface area (Å²) >= 11 is 5.92. The van der Waals surface area contributed by atoms with E-state index in [2.05, 4.69) is 25.8 Å². The van der Waals surface area contributed by atoms with Gasteiger partial charge in [-0.1, -0.05) is 23.7 Å². The second kappa shape index (κ2) is 10.6. The minimum atomic E-state index is -0.358. The van der Waals surface area contributed by atoms with E-state index < -0.39 is 0 Å². The Kier molecular flexibility index (Phi) is 7.19. The van der Waals surface area contributed by atoms with Crippen LogP contribution >= 0.6 is 11.6 Å². The number of hydrogen-bond acceptors (Lipinski definition) is 4. The zero-order valence-corrected chi connectivity index (χ0v) is 18.9. The zero-order valence-electron chi connectivity index (χ0n) is 18.2. The first-order valence-corrected chi connectivity index (χ1v) is 10.7. The molecule has 1 heterocycles. The molecule has 0 spiro atoms. The van der Waals surface area contributed by atoms with E-state index in [4.69, 9.17) is 16.3 Å². The normalized spacial score (nSPS) is 11.2. The number of aromatic amines is 1. The molecule has 0 unspecified atom stereocenters. The Labute approximate surface area is 200 Å². The fourth-order valence-electron chi connectivity index (χ4n) is 3.12. The lowest BCUT2D eigenvalue weighted by molar-refractivity contribution is 0.0977. The Hall–Kier alpha value is -4.17. The number of halogens is 2. The quantitative estimate of drug-likeness (QED) is 0.260. The SMILES string of the molecule is COc1cccc(CN=C(NC(=O)c2ccc(Cl)cc2)Nc2cc(-c3ccc(F)cc3)[nH]n2)c1. The lowest BCUT2D eigenvalue weighted by atomic mass is 10.1. The first kappa shape index (κ1) is 23.0. The van der Waals surface area contributed by atoms with E-state index in [9.17, 15) is 9.18 Å². The molecule has 0 saturated heterocycles. The van der Waals surface area contributed by atoms with Crippen LogP contribution in [0.25, 0.3) is 11.3 Å². The summed E-state index contributed by atoms with van der Waals surface area (Å²) in [7, 11) is 1.60. The number of hydrogen-bond donors (Lipinski definition) is 3. The average Bonchev–Trinajstić information content (AvgIpc) is 3.32. The van der Waals surface area contributed by atoms with E-state index in [-0.39, 0.29) is 24.2 Å². The number of aliphatic imine (C=N–C) groups is 1. The Morgan fingerprint density at radius 2 is 1.85 bits per heavy atom. The van der Waals surface area contributed by atoms with Gasteiger partial charge in [-0.05, 0) is 71.8 Å². The summed E-state index contributed by atoms with van der Waals surface area (Å²) in [6.45, 7) is 0.287. The summed E-state index contributed by atoms with van der Waals surface area (Å²) in [6.07, 6.45) is 0. The second-order valence-corrected chi connectivity index (χ2v) is 7.71. The molecule has 4 aromatic rings. The Morgan fingerprint density at radius 3 is 2.59 bits per heavy atom. The van der Waals surface area contributed by atoms with Crippen LogP contribution in [-0.2, 0) is 6.54 Å². The first-order valence-electron chi connectivity index (χ1n) is 10.3. The molecular weight excluding hydrogens is 457 g/mol. The number of ether oxygens (including phenoxy) is 1. The van der Waals surface area contributed by atoms with Crippen LogP contribution in [0.15, 0.2) is 83.9 Å². The Morgan fingerprint density at radius 1 is 1.09 bits per heavy atom. The van der Waals surface area contributed by atoms with Crippen LogP contribution in [-0.4, -0.2) is 29.2 Å². The molecule has 0 radical (unpaired) electrons. The molecule has 0 bridgehead atoms. The molecule has 3 N–H and O–H groups in total. The van der Waals surface area contributed by atoms with Crippen LogP contribution in [0.4, 0.5) is 10.2 Å². The van der Waals surface area contributed by atoms with Gasteiger partial charge in [0.05, 0.1) is 19.3 Å². The van der Waals surface area contributed by atoms with E-state index in [0.717, 1.165) is 11.1 Å². The van der Waals surface area contributed by atoms with E-state index >= 15 is 0 Å². The Balaban J connectivity index is 1.55. The second-order valence-electron chi connectivity index (χ2n) is 7.28. The molecule has 1 aromatic heterocycles. The predicted octanol–water partition coefficient (Wildman–Crippen LogP) is 5.28. The van der Waals surface area contributed by atoms with Gasteiger partial charge in [0.2, 0.25) is 5.96 Å². The number of guanidine groups is 1. The van der Waals surface area contributed by atoms with Crippen molar-refractivity contribution in [1.82, 2.24) is 15.5 Å². The van der Waals surface area contributed by atoms with Crippen molar-refractivity contribution < 1.29 is 13.9 Å². The van der Waals surface area contributed by atoms with Crippen molar-refractivity contribution in [1.29, 1.82) is 0 Å². The molecule has 0 saturated carbocycles. The van der Waals surface area contributed by atoms with Gasteiger partial charge in [0.15, 0.2) is 5.82 Å². The van der Waals surface area contributed by atoms with Crippen LogP contribution < -0.4 is 15.4 Å². The monoisotopic (exact) mass is 477 g/mol. The van der Waals surface area contributed by atoms with Gasteiger partial charge in [0, 0.05) is 16.7 Å². The summed E-state index contributed by atoms with van der Waals surface area (Å²) in [5, 5.41) is 13.5. The number of benzene rings is 3. The van der Waals surface area contributed by atoms with E-state index in [1.807, 2.05) is 24.3 Å². The summed E-state index contributed by atoms with van der Waals surface area (Å²) in [5.41, 5.74) is 2.77. The maximum atomic E-state index is 13.2. The number of aromatic nitrogens is 2. The number of H-pyrrole nitrogens is 1. The van der Waals surface area contributed by atoms with Crippen LogP contribution in [0.5, 0.6) is 5.75 Å². The number of rotatable bonds is 6. The molecule has 172 valence electrons. The summed E-state index contributed by atoms with van der Waals surface area (Å²) < 4.78 is 18.5. The van der Waals surface area contributed by atoms with Crippen molar-refractivity contribution in [3.05, 3.63) is 101 Å². The molecular formula is C25H21ClFN5O2. The number of anilines is 1. The molecule has 3 aromatic carbocycles. The van der Waals surface area contributed by atoms with Gasteiger partial charge < -0.3 is 10.1 Å². The smallest absolute Gasteiger partial charge is 0.257 e. The topological polar surface area (TPSA) is 91.4 Å². The summed E-state index contributed by atoms with van der Waals surface area (Å²) in [6, 6.07) is 21.8. The standard InChI is InChI=1S/C25H21ClFN5O2/c1-34-21-4-2-3-16(13-21)15-28-25(30-24(33)18-5-9-19(26)10-6-18)29-23-14-22(31-32-23)17-7-11-20(27)12-8-17/h2-14H,15H2,1H3,(H3,28,29,30,31,32,33). The van der Waals surface area contributed by atoms with Crippen molar-refractivity contribution in [3.8, 4) is 17.0 Å². The fourth-order valence-corrected chi connectivity index (χ4v) is 3.24. The molecule has 0 aliphatic rings. The highest BCUT2D eigenvalue weighted by molar-refractivity contribution is 6.30. The number of carbonyl (C=O) groups excluding carboxylic acids is 1. The van der Waals surface area contributed by atoms with Gasteiger partial charge in [-0.2, -0.15) is 5.10 Å². The zero-order chi connectivity index (χ0) is 23.9. The van der Waals surface area contributed by atoms with Crippen molar-refractivity contribution in [2.45, 2.75) is 6.54 Å². The van der Waals surface area contributed by atoms with Crippen LogP contribution in [0.1, 0.15) is 15.9 Å². The Bertz CT molecular complexity index is 1300. The lowest BCUT2D eigenvalue weighted by Crippen LogP contribution is -2.36. The van der Waals surface area contributed by atoms with Crippen molar-refractivity contribution >= 4 is 29.3 Å². The van der Waals surface area contributed by atoms with E-state index in [1.165, 1.54) is 12.1 Å². The third-order valence-corrected chi connectivity index (χ3v) is 5.12. The summed E-state index contributed by atoms with van der Waals surface area (Å²) in [4.78, 5) is 17.3. The fraction of sp³-hybridized carbons (Fsp3) is 0.0800. The third-order valence-electron chi connectivity index (χ3n) is 4.87. The highest BCUT2D eigenvalue weighted by Gasteiger charge is 2.12. The number of nitrogens with zero attached hydrogens (tertiary/aromatic N) is 2. The summed E-state index contributed by atoms with van der Waals surface area (Å²) in [5.74, 6) is 0.671. The highest BCUT2D eigenvalue weighted by Crippen LogP contribution is 2.20. The van der Waals surface area contributed by atoms with Crippen LogP contribution in [0.3, 0.4) is 0 Å². The van der Waals surface area contributed by atoms with Crippen molar-refractivity contribution in [3.63, 3.8) is 0 Å². The van der Waals surface area contributed by atoms with Crippen molar-refractivity contribution in [2.24, 2.45) is 4.99 Å². The van der Waals surface area contributed by atoms with Gasteiger partial charge in [0.1, 0.15) is 11.6 Å².